The largest absolute Gasteiger partial charge is 0.459 e. The summed E-state index contributed by atoms with van der Waals surface area (Å²) in [6, 6.07) is 14.1. The van der Waals surface area contributed by atoms with Crippen LogP contribution in [0.2, 0.25) is 0 Å². The third-order valence-corrected chi connectivity index (χ3v) is 5.92. The lowest BCUT2D eigenvalue weighted by atomic mass is 10.0. The van der Waals surface area contributed by atoms with E-state index in [4.69, 9.17) is 10.5 Å². The molecule has 4 N–H and O–H groups in total. The van der Waals surface area contributed by atoms with Gasteiger partial charge in [-0.15, -0.1) is 0 Å². The number of H-pyrrole nitrogens is 1. The second-order valence-electron chi connectivity index (χ2n) is 8.96. The molecule has 1 heterocycles. The monoisotopic (exact) mass is 497 g/mol. The van der Waals surface area contributed by atoms with E-state index >= 15 is 0 Å². The molecule has 8 heteroatoms. The Morgan fingerprint density at radius 2 is 1.72 bits per heavy atom. The zero-order chi connectivity index (χ0) is 26.1. The maximum atomic E-state index is 13.6. The fourth-order valence-corrected chi connectivity index (χ4v) is 3.98. The van der Waals surface area contributed by atoms with Crippen molar-refractivity contribution in [2.75, 3.05) is 6.54 Å². The summed E-state index contributed by atoms with van der Waals surface area (Å²) in [7, 11) is 0. The van der Waals surface area contributed by atoms with Crippen LogP contribution in [0.15, 0.2) is 54.6 Å². The van der Waals surface area contributed by atoms with Crippen LogP contribution in [0.3, 0.4) is 0 Å². The molecule has 3 rings (SSSR count). The lowest BCUT2D eigenvalue weighted by Gasteiger charge is -2.25. The SMILES string of the molecule is CCc1cccc(CNCC(OC(=O)CCC(=O)c2ccc(C)[nH]2)C(N)Cc2cc(F)cc(F)c2)c1. The van der Waals surface area contributed by atoms with Gasteiger partial charge in [-0.1, -0.05) is 31.2 Å². The van der Waals surface area contributed by atoms with Gasteiger partial charge in [0.1, 0.15) is 17.7 Å². The summed E-state index contributed by atoms with van der Waals surface area (Å²) < 4.78 is 32.9. The smallest absolute Gasteiger partial charge is 0.306 e. The molecule has 36 heavy (non-hydrogen) atoms. The first-order valence-electron chi connectivity index (χ1n) is 12.1. The Hall–Kier alpha value is -3.36. The molecule has 0 saturated heterocycles. The molecule has 2 unspecified atom stereocenters. The van der Waals surface area contributed by atoms with Crippen molar-refractivity contribution in [2.45, 2.75) is 58.2 Å². The molecule has 0 aliphatic rings. The average molecular weight is 498 g/mol. The van der Waals surface area contributed by atoms with E-state index in [-0.39, 0.29) is 31.6 Å². The molecule has 192 valence electrons. The van der Waals surface area contributed by atoms with Gasteiger partial charge in [0.2, 0.25) is 0 Å². The lowest BCUT2D eigenvalue weighted by Crippen LogP contribution is -2.46. The molecule has 0 amide bonds. The molecule has 3 aromatic rings. The van der Waals surface area contributed by atoms with E-state index in [2.05, 4.69) is 29.4 Å². The topological polar surface area (TPSA) is 97.2 Å². The van der Waals surface area contributed by atoms with Crippen molar-refractivity contribution in [3.8, 4) is 0 Å². The predicted molar refractivity (Wildman–Crippen MR) is 135 cm³/mol. The van der Waals surface area contributed by atoms with Gasteiger partial charge in [0.05, 0.1) is 12.1 Å². The average Bonchev–Trinajstić information content (AvgIpc) is 3.27. The van der Waals surface area contributed by atoms with Crippen LogP contribution in [-0.4, -0.2) is 35.4 Å². The van der Waals surface area contributed by atoms with Crippen molar-refractivity contribution in [3.63, 3.8) is 0 Å². The molecule has 0 aliphatic heterocycles. The second-order valence-corrected chi connectivity index (χ2v) is 8.96. The fraction of sp³-hybridized carbons (Fsp3) is 0.357. The molecule has 2 aromatic carbocycles. The minimum absolute atomic E-state index is 0.00685. The summed E-state index contributed by atoms with van der Waals surface area (Å²) in [5.74, 6) is -2.15. The number of aryl methyl sites for hydroxylation is 2. The first kappa shape index (κ1) is 27.2. The number of aromatic amines is 1. The normalized spacial score (nSPS) is 12.8. The number of Topliss-reactive ketones (excluding diaryl/α,β-unsaturated/α-hetero) is 1. The van der Waals surface area contributed by atoms with E-state index in [0.29, 0.717) is 17.8 Å². The van der Waals surface area contributed by atoms with E-state index in [9.17, 15) is 18.4 Å². The van der Waals surface area contributed by atoms with Gasteiger partial charge in [0.25, 0.3) is 0 Å². The Morgan fingerprint density at radius 3 is 2.39 bits per heavy atom. The van der Waals surface area contributed by atoms with Crippen molar-refractivity contribution in [1.29, 1.82) is 0 Å². The van der Waals surface area contributed by atoms with Gasteiger partial charge in [0, 0.05) is 37.3 Å². The third-order valence-electron chi connectivity index (χ3n) is 5.92. The van der Waals surface area contributed by atoms with Gasteiger partial charge in [-0.25, -0.2) is 8.78 Å². The van der Waals surface area contributed by atoms with Crippen molar-refractivity contribution in [1.82, 2.24) is 10.3 Å². The number of halogens is 2. The number of ether oxygens (including phenoxy) is 1. The van der Waals surface area contributed by atoms with Gasteiger partial charge in [-0.3, -0.25) is 9.59 Å². The van der Waals surface area contributed by atoms with E-state index in [1.54, 1.807) is 12.1 Å². The molecule has 6 nitrogen and oxygen atoms in total. The number of hydrogen-bond donors (Lipinski definition) is 3. The highest BCUT2D eigenvalue weighted by atomic mass is 19.1. The molecule has 2 atom stereocenters. The number of aromatic nitrogens is 1. The van der Waals surface area contributed by atoms with Gasteiger partial charge in [0.15, 0.2) is 5.78 Å². The lowest BCUT2D eigenvalue weighted by molar-refractivity contribution is -0.149. The molecule has 0 saturated carbocycles. The van der Waals surface area contributed by atoms with Crippen LogP contribution in [0.25, 0.3) is 0 Å². The summed E-state index contributed by atoms with van der Waals surface area (Å²) in [5, 5.41) is 3.26. The highest BCUT2D eigenvalue weighted by Gasteiger charge is 2.23. The first-order valence-corrected chi connectivity index (χ1v) is 12.1. The second kappa shape index (κ2) is 13.1. The molecule has 0 radical (unpaired) electrons. The molecule has 0 fully saturated rings. The van der Waals surface area contributed by atoms with Crippen LogP contribution in [0, 0.1) is 18.6 Å². The van der Waals surface area contributed by atoms with Gasteiger partial charge >= 0.3 is 5.97 Å². The fourth-order valence-electron chi connectivity index (χ4n) is 3.98. The number of ketones is 1. The van der Waals surface area contributed by atoms with E-state index in [0.717, 1.165) is 23.7 Å². The Labute approximate surface area is 210 Å². The molecular weight excluding hydrogens is 464 g/mol. The zero-order valence-corrected chi connectivity index (χ0v) is 20.7. The highest BCUT2D eigenvalue weighted by molar-refractivity contribution is 5.96. The number of nitrogens with two attached hydrogens (primary N) is 1. The van der Waals surface area contributed by atoms with Crippen molar-refractivity contribution in [3.05, 3.63) is 94.3 Å². The number of esters is 1. The minimum atomic E-state index is -0.763. The van der Waals surface area contributed by atoms with Crippen LogP contribution in [0.4, 0.5) is 8.78 Å². The van der Waals surface area contributed by atoms with E-state index in [1.165, 1.54) is 17.7 Å². The van der Waals surface area contributed by atoms with Crippen LogP contribution >= 0.6 is 0 Å². The van der Waals surface area contributed by atoms with Gasteiger partial charge < -0.3 is 20.8 Å². The third kappa shape index (κ3) is 8.39. The number of hydrogen-bond acceptors (Lipinski definition) is 5. The maximum absolute atomic E-state index is 13.6. The Bertz CT molecular complexity index is 1160. The highest BCUT2D eigenvalue weighted by Crippen LogP contribution is 2.14. The van der Waals surface area contributed by atoms with E-state index < -0.39 is 29.7 Å². The number of nitrogens with one attached hydrogen (secondary N) is 2. The van der Waals surface area contributed by atoms with Gasteiger partial charge in [-0.05, 0) is 60.7 Å². The van der Waals surface area contributed by atoms with Crippen LogP contribution in [0.1, 0.15) is 52.6 Å². The van der Waals surface area contributed by atoms with Crippen molar-refractivity contribution < 1.29 is 23.1 Å². The summed E-state index contributed by atoms with van der Waals surface area (Å²) in [6.07, 6.45) is 0.158. The maximum Gasteiger partial charge on any atom is 0.306 e. The predicted octanol–water partition coefficient (Wildman–Crippen LogP) is 4.40. The van der Waals surface area contributed by atoms with Crippen molar-refractivity contribution >= 4 is 11.8 Å². The summed E-state index contributed by atoms with van der Waals surface area (Å²) in [5.41, 5.74) is 10.3. The standard InChI is InChI=1S/C28H33F2N3O3/c1-3-19-5-4-6-20(11-19)16-32-17-27(24(31)14-21-12-22(29)15-23(30)13-21)36-28(35)10-9-26(34)25-8-7-18(2)33-25/h4-8,11-13,15,24,27,32-33H,3,9-10,14,16-17,31H2,1-2H3. The van der Waals surface area contributed by atoms with Crippen LogP contribution < -0.4 is 11.1 Å². The number of carbonyl (C=O) groups is 2. The summed E-state index contributed by atoms with van der Waals surface area (Å²) in [4.78, 5) is 27.9. The van der Waals surface area contributed by atoms with Crippen LogP contribution in [-0.2, 0) is 28.9 Å². The number of benzene rings is 2. The molecule has 1 aromatic heterocycles. The van der Waals surface area contributed by atoms with E-state index in [1.807, 2.05) is 19.1 Å². The summed E-state index contributed by atoms with van der Waals surface area (Å²) in [6.45, 7) is 4.70. The Kier molecular flexibility index (Phi) is 9.90. The quantitative estimate of drug-likeness (QED) is 0.240. The van der Waals surface area contributed by atoms with Crippen molar-refractivity contribution in [2.24, 2.45) is 5.73 Å². The number of carbonyl (C=O) groups excluding carboxylic acids is 2. The molecule has 0 bridgehead atoms. The first-order chi connectivity index (χ1) is 17.2. The van der Waals surface area contributed by atoms with Gasteiger partial charge in [-0.2, -0.15) is 0 Å². The molecular formula is C28H33F2N3O3. The summed E-state index contributed by atoms with van der Waals surface area (Å²) >= 11 is 0. The Morgan fingerprint density at radius 1 is 1.00 bits per heavy atom. The number of rotatable bonds is 13. The molecule has 0 aliphatic carbocycles. The van der Waals surface area contributed by atoms with Crippen LogP contribution in [0.5, 0.6) is 0 Å². The zero-order valence-electron chi connectivity index (χ0n) is 20.7. The molecule has 0 spiro atoms. The minimum Gasteiger partial charge on any atom is -0.459 e. The Balaban J connectivity index is 1.62.